The van der Waals surface area contributed by atoms with Gasteiger partial charge in [0.15, 0.2) is 0 Å². The molecule has 1 aromatic heterocycles. The van der Waals surface area contributed by atoms with Crippen molar-refractivity contribution in [3.63, 3.8) is 0 Å². The number of nitrogens with zero attached hydrogens (tertiary/aromatic N) is 2. The minimum Gasteiger partial charge on any atom is -0.369 e. The van der Waals surface area contributed by atoms with Crippen molar-refractivity contribution in [1.82, 2.24) is 9.78 Å². The number of carbonyl (C=O) groups excluding carboxylic acids is 1. The molecule has 1 heterocycles. The standard InChI is InChI=1S/C14H16ClN3O2/c1-14(2,20-3)13(19)17-11-9-10(15)5-6-12(11)18-8-4-7-16-18/h4-9H,1-3H3,(H,17,19). The lowest BCUT2D eigenvalue weighted by atomic mass is 10.1. The third kappa shape index (κ3) is 3.00. The number of nitrogens with one attached hydrogen (secondary N) is 1. The zero-order chi connectivity index (χ0) is 14.8. The molecule has 0 unspecified atom stereocenters. The van der Waals surface area contributed by atoms with E-state index in [9.17, 15) is 4.79 Å². The first-order valence-corrected chi connectivity index (χ1v) is 6.48. The summed E-state index contributed by atoms with van der Waals surface area (Å²) >= 11 is 6.00. The van der Waals surface area contributed by atoms with Crippen LogP contribution < -0.4 is 5.32 Å². The number of amides is 1. The first-order valence-electron chi connectivity index (χ1n) is 6.10. The molecule has 1 N–H and O–H groups in total. The molecule has 0 saturated carbocycles. The number of aromatic nitrogens is 2. The van der Waals surface area contributed by atoms with Gasteiger partial charge in [0.2, 0.25) is 0 Å². The average Bonchev–Trinajstić information content (AvgIpc) is 2.92. The zero-order valence-electron chi connectivity index (χ0n) is 11.6. The SMILES string of the molecule is COC(C)(C)C(=O)Nc1cc(Cl)ccc1-n1cccn1. The molecule has 0 radical (unpaired) electrons. The average molecular weight is 294 g/mol. The van der Waals surface area contributed by atoms with Crippen LogP contribution in [0.4, 0.5) is 5.69 Å². The van der Waals surface area contributed by atoms with Gasteiger partial charge < -0.3 is 10.1 Å². The van der Waals surface area contributed by atoms with Gasteiger partial charge in [0.1, 0.15) is 5.60 Å². The van der Waals surface area contributed by atoms with E-state index < -0.39 is 5.60 Å². The number of halogens is 1. The van der Waals surface area contributed by atoms with E-state index in [1.807, 2.05) is 0 Å². The van der Waals surface area contributed by atoms with E-state index in [0.717, 1.165) is 5.69 Å². The second-order valence-electron chi connectivity index (χ2n) is 4.78. The van der Waals surface area contributed by atoms with Gasteiger partial charge in [0, 0.05) is 24.5 Å². The Hall–Kier alpha value is -1.85. The minimum absolute atomic E-state index is 0.254. The number of hydrogen-bond donors (Lipinski definition) is 1. The summed E-state index contributed by atoms with van der Waals surface area (Å²) in [6, 6.07) is 7.03. The summed E-state index contributed by atoms with van der Waals surface area (Å²) in [5.74, 6) is -0.254. The van der Waals surface area contributed by atoms with E-state index in [1.54, 1.807) is 55.2 Å². The molecule has 5 nitrogen and oxygen atoms in total. The number of carbonyl (C=O) groups is 1. The van der Waals surface area contributed by atoms with Gasteiger partial charge in [0.25, 0.3) is 5.91 Å². The number of benzene rings is 1. The first-order chi connectivity index (χ1) is 9.44. The van der Waals surface area contributed by atoms with Crippen molar-refractivity contribution in [2.45, 2.75) is 19.4 Å². The molecule has 0 aliphatic heterocycles. The quantitative estimate of drug-likeness (QED) is 0.943. The fraction of sp³-hybridized carbons (Fsp3) is 0.286. The summed E-state index contributed by atoms with van der Waals surface area (Å²) in [6.07, 6.45) is 3.46. The molecule has 0 spiro atoms. The van der Waals surface area contributed by atoms with Crippen LogP contribution in [0.25, 0.3) is 5.69 Å². The molecule has 1 aromatic carbocycles. The molecule has 6 heteroatoms. The summed E-state index contributed by atoms with van der Waals surface area (Å²) < 4.78 is 6.82. The van der Waals surface area contributed by atoms with Crippen LogP contribution in [0.2, 0.25) is 5.02 Å². The van der Waals surface area contributed by atoms with Crippen LogP contribution in [-0.4, -0.2) is 28.4 Å². The highest BCUT2D eigenvalue weighted by Gasteiger charge is 2.27. The predicted molar refractivity (Wildman–Crippen MR) is 78.3 cm³/mol. The van der Waals surface area contributed by atoms with Crippen LogP contribution in [0, 0.1) is 0 Å². The van der Waals surface area contributed by atoms with Gasteiger partial charge in [-0.3, -0.25) is 4.79 Å². The Morgan fingerprint density at radius 2 is 2.20 bits per heavy atom. The van der Waals surface area contributed by atoms with Crippen molar-refractivity contribution in [2.24, 2.45) is 0 Å². The van der Waals surface area contributed by atoms with E-state index in [4.69, 9.17) is 16.3 Å². The number of ether oxygens (including phenoxy) is 1. The van der Waals surface area contributed by atoms with Crippen LogP contribution in [0.15, 0.2) is 36.7 Å². The molecule has 0 aliphatic carbocycles. The Labute approximate surface area is 122 Å². The second kappa shape index (κ2) is 5.64. The molecule has 106 valence electrons. The van der Waals surface area contributed by atoms with Gasteiger partial charge in [-0.2, -0.15) is 5.10 Å². The van der Waals surface area contributed by atoms with Crippen molar-refractivity contribution < 1.29 is 9.53 Å². The van der Waals surface area contributed by atoms with Crippen LogP contribution in [0.3, 0.4) is 0 Å². The fourth-order valence-corrected chi connectivity index (χ4v) is 1.76. The van der Waals surface area contributed by atoms with Crippen molar-refractivity contribution in [3.05, 3.63) is 41.7 Å². The van der Waals surface area contributed by atoms with Gasteiger partial charge in [0.05, 0.1) is 11.4 Å². The molecular weight excluding hydrogens is 278 g/mol. The molecule has 0 aliphatic rings. The van der Waals surface area contributed by atoms with Crippen LogP contribution in [0.5, 0.6) is 0 Å². The molecule has 1 amide bonds. The maximum atomic E-state index is 12.2. The molecule has 0 bridgehead atoms. The maximum Gasteiger partial charge on any atom is 0.256 e. The molecule has 0 saturated heterocycles. The smallest absolute Gasteiger partial charge is 0.256 e. The Bertz CT molecular complexity index is 609. The lowest BCUT2D eigenvalue weighted by Crippen LogP contribution is -2.39. The van der Waals surface area contributed by atoms with Gasteiger partial charge in [-0.25, -0.2) is 4.68 Å². The van der Waals surface area contributed by atoms with Gasteiger partial charge in [-0.15, -0.1) is 0 Å². The van der Waals surface area contributed by atoms with E-state index in [2.05, 4.69) is 10.4 Å². The minimum atomic E-state index is -0.927. The van der Waals surface area contributed by atoms with Gasteiger partial charge in [-0.1, -0.05) is 11.6 Å². The summed E-state index contributed by atoms with van der Waals surface area (Å²) in [4.78, 5) is 12.2. The third-order valence-electron chi connectivity index (χ3n) is 3.02. The largest absolute Gasteiger partial charge is 0.369 e. The van der Waals surface area contributed by atoms with E-state index in [0.29, 0.717) is 10.7 Å². The molecule has 20 heavy (non-hydrogen) atoms. The van der Waals surface area contributed by atoms with Gasteiger partial charge >= 0.3 is 0 Å². The molecule has 2 rings (SSSR count). The number of anilines is 1. The van der Waals surface area contributed by atoms with Crippen LogP contribution >= 0.6 is 11.6 Å². The van der Waals surface area contributed by atoms with Crippen molar-refractivity contribution in [3.8, 4) is 5.69 Å². The Balaban J connectivity index is 2.36. The maximum absolute atomic E-state index is 12.2. The second-order valence-corrected chi connectivity index (χ2v) is 5.22. The van der Waals surface area contributed by atoms with E-state index in [-0.39, 0.29) is 5.91 Å². The Kier molecular flexibility index (Phi) is 4.11. The summed E-state index contributed by atoms with van der Waals surface area (Å²) in [5.41, 5.74) is 0.389. The third-order valence-corrected chi connectivity index (χ3v) is 3.25. The fourth-order valence-electron chi connectivity index (χ4n) is 1.59. The van der Waals surface area contributed by atoms with Crippen molar-refractivity contribution >= 4 is 23.2 Å². The van der Waals surface area contributed by atoms with Crippen molar-refractivity contribution in [2.75, 3.05) is 12.4 Å². The lowest BCUT2D eigenvalue weighted by molar-refractivity contribution is -0.133. The molecular formula is C14H16ClN3O2. The first kappa shape index (κ1) is 14.6. The van der Waals surface area contributed by atoms with Crippen LogP contribution in [0.1, 0.15) is 13.8 Å². The molecule has 0 fully saturated rings. The van der Waals surface area contributed by atoms with Gasteiger partial charge in [-0.05, 0) is 38.1 Å². The highest BCUT2D eigenvalue weighted by atomic mass is 35.5. The lowest BCUT2D eigenvalue weighted by Gasteiger charge is -2.22. The van der Waals surface area contributed by atoms with E-state index >= 15 is 0 Å². The zero-order valence-corrected chi connectivity index (χ0v) is 12.3. The summed E-state index contributed by atoms with van der Waals surface area (Å²) in [6.45, 7) is 3.39. The number of hydrogen-bond acceptors (Lipinski definition) is 3. The monoisotopic (exact) mass is 293 g/mol. The normalized spacial score (nSPS) is 11.4. The van der Waals surface area contributed by atoms with Crippen molar-refractivity contribution in [1.29, 1.82) is 0 Å². The van der Waals surface area contributed by atoms with Crippen LogP contribution in [-0.2, 0) is 9.53 Å². The highest BCUT2D eigenvalue weighted by molar-refractivity contribution is 6.31. The Morgan fingerprint density at radius 1 is 1.45 bits per heavy atom. The number of rotatable bonds is 4. The summed E-state index contributed by atoms with van der Waals surface area (Å²) in [5, 5.41) is 7.51. The summed E-state index contributed by atoms with van der Waals surface area (Å²) in [7, 11) is 1.49. The number of methoxy groups -OCH3 is 1. The topological polar surface area (TPSA) is 56.1 Å². The van der Waals surface area contributed by atoms with E-state index in [1.165, 1.54) is 7.11 Å². The molecule has 2 aromatic rings. The Morgan fingerprint density at radius 3 is 2.80 bits per heavy atom. The molecule has 0 atom stereocenters. The predicted octanol–water partition coefficient (Wildman–Crippen LogP) is 2.89. The highest BCUT2D eigenvalue weighted by Crippen LogP contribution is 2.25.